The Bertz CT molecular complexity index is 690. The molecule has 26 heavy (non-hydrogen) atoms. The van der Waals surface area contributed by atoms with Crippen molar-refractivity contribution in [1.29, 1.82) is 0 Å². The zero-order chi connectivity index (χ0) is 18.6. The van der Waals surface area contributed by atoms with Crippen LogP contribution >= 0.6 is 15.9 Å². The number of hydrogen-bond acceptors (Lipinski definition) is 2. The Labute approximate surface area is 166 Å². The van der Waals surface area contributed by atoms with Gasteiger partial charge in [-0.05, 0) is 55.4 Å². The van der Waals surface area contributed by atoms with Gasteiger partial charge in [-0.25, -0.2) is 0 Å². The predicted octanol–water partition coefficient (Wildman–Crippen LogP) is 5.58. The van der Waals surface area contributed by atoms with E-state index in [-0.39, 0.29) is 17.1 Å². The van der Waals surface area contributed by atoms with Gasteiger partial charge in [0.25, 0.3) is 0 Å². The van der Waals surface area contributed by atoms with Crippen molar-refractivity contribution in [1.82, 2.24) is 5.32 Å². The fraction of sp³-hybridized carbons (Fsp3) is 0.478. The highest BCUT2D eigenvalue weighted by Gasteiger charge is 2.54. The molecule has 0 amide bonds. The van der Waals surface area contributed by atoms with Crippen molar-refractivity contribution in [3.8, 4) is 0 Å². The lowest BCUT2D eigenvalue weighted by Crippen LogP contribution is -2.62. The molecule has 3 aliphatic rings. The van der Waals surface area contributed by atoms with Gasteiger partial charge < -0.3 is 10.4 Å². The van der Waals surface area contributed by atoms with Gasteiger partial charge in [0.2, 0.25) is 0 Å². The van der Waals surface area contributed by atoms with Crippen LogP contribution in [0.25, 0.3) is 0 Å². The second kappa shape index (κ2) is 8.24. The molecule has 2 N–H and O–H groups in total. The molecule has 0 spiro atoms. The molecule has 0 saturated heterocycles. The van der Waals surface area contributed by atoms with Crippen LogP contribution in [-0.2, 0) is 12.0 Å². The van der Waals surface area contributed by atoms with Crippen LogP contribution in [0.1, 0.15) is 57.1 Å². The number of fused-ring (bicyclic) bond motifs is 3. The van der Waals surface area contributed by atoms with Gasteiger partial charge in [0.05, 0.1) is 6.10 Å². The number of halogens is 1. The van der Waals surface area contributed by atoms with E-state index in [0.29, 0.717) is 0 Å². The summed E-state index contributed by atoms with van der Waals surface area (Å²) in [5, 5.41) is 14.8. The van der Waals surface area contributed by atoms with Crippen LogP contribution in [0.15, 0.2) is 59.1 Å². The fourth-order valence-electron chi connectivity index (χ4n) is 4.67. The average Bonchev–Trinajstić information content (AvgIpc) is 2.70. The maximum Gasteiger partial charge on any atom is 0.0654 e. The van der Waals surface area contributed by atoms with E-state index >= 15 is 0 Å². The van der Waals surface area contributed by atoms with Crippen molar-refractivity contribution < 1.29 is 5.11 Å². The molecule has 2 aromatic carbocycles. The van der Waals surface area contributed by atoms with Gasteiger partial charge in [-0.3, -0.25) is 0 Å². The Morgan fingerprint density at radius 1 is 0.962 bits per heavy atom. The van der Waals surface area contributed by atoms with Gasteiger partial charge in [-0.1, -0.05) is 72.2 Å². The van der Waals surface area contributed by atoms with E-state index in [1.54, 1.807) is 0 Å². The van der Waals surface area contributed by atoms with E-state index in [4.69, 9.17) is 0 Å². The number of aliphatic hydroxyl groups is 1. The monoisotopic (exact) mass is 415 g/mol. The highest BCUT2D eigenvalue weighted by Crippen LogP contribution is 2.53. The van der Waals surface area contributed by atoms with Crippen molar-refractivity contribution in [2.45, 2.75) is 69.6 Å². The van der Waals surface area contributed by atoms with Crippen LogP contribution in [0.2, 0.25) is 0 Å². The molecular formula is C23H30BrNO. The quantitative estimate of drug-likeness (QED) is 0.682. The van der Waals surface area contributed by atoms with E-state index in [1.165, 1.54) is 11.1 Å². The van der Waals surface area contributed by atoms with E-state index in [1.807, 2.05) is 13.8 Å². The molecule has 1 atom stereocenters. The summed E-state index contributed by atoms with van der Waals surface area (Å²) in [4.78, 5) is 0. The zero-order valence-corrected chi connectivity index (χ0v) is 17.4. The summed E-state index contributed by atoms with van der Waals surface area (Å²) in [7, 11) is 0. The molecule has 3 heteroatoms. The molecule has 0 radical (unpaired) electrons. The SMILES string of the molecule is CC.OC1CC2(NCc3ccccc3)CCC1(c1ccc(Br)cc1)CC2. The second-order valence-electron chi connectivity index (χ2n) is 7.50. The van der Waals surface area contributed by atoms with Crippen LogP contribution in [0.5, 0.6) is 0 Å². The molecule has 5 rings (SSSR count). The standard InChI is InChI=1S/C21H24BrNO.C2H6/c22-18-8-6-17(7-9-18)21-12-10-20(11-13-21,14-19(21)24)23-15-16-4-2-1-3-5-16;1-2/h1-9,19,23-24H,10-15H2;1-2H3. The van der Waals surface area contributed by atoms with Gasteiger partial charge >= 0.3 is 0 Å². The maximum absolute atomic E-state index is 11.0. The minimum atomic E-state index is -0.260. The lowest BCUT2D eigenvalue weighted by atomic mass is 9.53. The van der Waals surface area contributed by atoms with Gasteiger partial charge in [0.1, 0.15) is 0 Å². The first-order chi connectivity index (χ1) is 12.6. The van der Waals surface area contributed by atoms with Crippen molar-refractivity contribution in [2.75, 3.05) is 0 Å². The van der Waals surface area contributed by atoms with E-state index in [2.05, 4.69) is 75.8 Å². The summed E-state index contributed by atoms with van der Waals surface area (Å²) < 4.78 is 1.10. The lowest BCUT2D eigenvalue weighted by molar-refractivity contribution is -0.0503. The largest absolute Gasteiger partial charge is 0.392 e. The Hall–Kier alpha value is -1.16. The van der Waals surface area contributed by atoms with Gasteiger partial charge in [0, 0.05) is 22.0 Å². The second-order valence-corrected chi connectivity index (χ2v) is 8.42. The lowest BCUT2D eigenvalue weighted by Gasteiger charge is -2.57. The zero-order valence-electron chi connectivity index (χ0n) is 15.8. The summed E-state index contributed by atoms with van der Waals surface area (Å²) >= 11 is 3.51. The van der Waals surface area contributed by atoms with Crippen molar-refractivity contribution >= 4 is 15.9 Å². The van der Waals surface area contributed by atoms with E-state index in [0.717, 1.165) is 43.1 Å². The molecule has 2 nitrogen and oxygen atoms in total. The van der Waals surface area contributed by atoms with E-state index in [9.17, 15) is 5.11 Å². The molecule has 0 aliphatic heterocycles. The Morgan fingerprint density at radius 2 is 1.58 bits per heavy atom. The first-order valence-electron chi connectivity index (χ1n) is 9.85. The summed E-state index contributed by atoms with van der Waals surface area (Å²) in [5.74, 6) is 0. The predicted molar refractivity (Wildman–Crippen MR) is 112 cm³/mol. The minimum absolute atomic E-state index is 0.0448. The molecular weight excluding hydrogens is 386 g/mol. The van der Waals surface area contributed by atoms with Crippen molar-refractivity contribution in [3.05, 3.63) is 70.2 Å². The van der Waals surface area contributed by atoms with Crippen LogP contribution in [-0.4, -0.2) is 16.7 Å². The molecule has 3 fully saturated rings. The van der Waals surface area contributed by atoms with Crippen LogP contribution in [0.4, 0.5) is 0 Å². The highest BCUT2D eigenvalue weighted by atomic mass is 79.9. The summed E-state index contributed by atoms with van der Waals surface area (Å²) in [6.45, 7) is 4.89. The normalized spacial score (nSPS) is 29.8. The minimum Gasteiger partial charge on any atom is -0.392 e. The number of aliphatic hydroxyl groups excluding tert-OH is 1. The molecule has 0 heterocycles. The van der Waals surface area contributed by atoms with E-state index < -0.39 is 0 Å². The molecule has 140 valence electrons. The molecule has 3 saturated carbocycles. The Morgan fingerprint density at radius 3 is 2.15 bits per heavy atom. The number of hydrogen-bond donors (Lipinski definition) is 2. The molecule has 2 aromatic rings. The summed E-state index contributed by atoms with van der Waals surface area (Å²) in [6, 6.07) is 19.1. The third-order valence-electron chi connectivity index (χ3n) is 6.25. The van der Waals surface area contributed by atoms with Crippen LogP contribution in [0.3, 0.4) is 0 Å². The van der Waals surface area contributed by atoms with Gasteiger partial charge in [-0.15, -0.1) is 0 Å². The fourth-order valence-corrected chi connectivity index (χ4v) is 4.94. The van der Waals surface area contributed by atoms with Crippen molar-refractivity contribution in [3.63, 3.8) is 0 Å². The number of rotatable bonds is 4. The summed E-state index contributed by atoms with van der Waals surface area (Å²) in [6.07, 6.45) is 5.02. The first kappa shape index (κ1) is 19.6. The molecule has 2 bridgehead atoms. The average molecular weight is 416 g/mol. The van der Waals surface area contributed by atoms with Crippen LogP contribution < -0.4 is 5.32 Å². The Balaban J connectivity index is 0.000000948. The third-order valence-corrected chi connectivity index (χ3v) is 6.78. The number of benzene rings is 2. The first-order valence-corrected chi connectivity index (χ1v) is 10.6. The molecule has 0 aromatic heterocycles. The highest BCUT2D eigenvalue weighted by molar-refractivity contribution is 9.10. The smallest absolute Gasteiger partial charge is 0.0654 e. The van der Waals surface area contributed by atoms with Gasteiger partial charge in [0.15, 0.2) is 0 Å². The maximum atomic E-state index is 11.0. The topological polar surface area (TPSA) is 32.3 Å². The Kier molecular flexibility index (Phi) is 6.21. The van der Waals surface area contributed by atoms with Crippen LogP contribution in [0, 0.1) is 0 Å². The third kappa shape index (κ3) is 3.76. The van der Waals surface area contributed by atoms with Gasteiger partial charge in [-0.2, -0.15) is 0 Å². The van der Waals surface area contributed by atoms with Crippen molar-refractivity contribution in [2.24, 2.45) is 0 Å². The summed E-state index contributed by atoms with van der Waals surface area (Å²) in [5.41, 5.74) is 2.68. The molecule has 1 unspecified atom stereocenters. The molecule has 3 aliphatic carbocycles. The number of nitrogens with one attached hydrogen (secondary N) is 1.